The molecule has 1 saturated heterocycles. The SMILES string of the molecule is O=S(O)CC1CCCCO1. The van der Waals surface area contributed by atoms with E-state index in [9.17, 15) is 4.21 Å². The Balaban J connectivity index is 2.19. The Morgan fingerprint density at radius 2 is 2.40 bits per heavy atom. The molecule has 3 nitrogen and oxygen atoms in total. The third kappa shape index (κ3) is 2.77. The summed E-state index contributed by atoms with van der Waals surface area (Å²) in [5.74, 6) is 0.278. The highest BCUT2D eigenvalue weighted by Crippen LogP contribution is 2.12. The first-order valence-electron chi connectivity index (χ1n) is 3.48. The van der Waals surface area contributed by atoms with Crippen molar-refractivity contribution in [1.29, 1.82) is 0 Å². The zero-order valence-electron chi connectivity index (χ0n) is 5.78. The molecule has 2 unspecified atom stereocenters. The summed E-state index contributed by atoms with van der Waals surface area (Å²) in [5.41, 5.74) is 0. The van der Waals surface area contributed by atoms with E-state index in [4.69, 9.17) is 9.29 Å². The van der Waals surface area contributed by atoms with Crippen molar-refractivity contribution in [2.45, 2.75) is 25.4 Å². The third-order valence-electron chi connectivity index (χ3n) is 1.60. The predicted molar refractivity (Wildman–Crippen MR) is 39.2 cm³/mol. The number of hydrogen-bond acceptors (Lipinski definition) is 2. The van der Waals surface area contributed by atoms with E-state index in [0.29, 0.717) is 0 Å². The van der Waals surface area contributed by atoms with Crippen molar-refractivity contribution in [3.05, 3.63) is 0 Å². The van der Waals surface area contributed by atoms with Crippen LogP contribution in [0.5, 0.6) is 0 Å². The number of ether oxygens (including phenoxy) is 1. The third-order valence-corrected chi connectivity index (χ3v) is 2.26. The highest BCUT2D eigenvalue weighted by molar-refractivity contribution is 7.79. The summed E-state index contributed by atoms with van der Waals surface area (Å²) in [5, 5.41) is 0. The minimum Gasteiger partial charge on any atom is -0.377 e. The maximum Gasteiger partial charge on any atom is 0.155 e. The molecule has 1 rings (SSSR count). The molecule has 0 aromatic rings. The quantitative estimate of drug-likeness (QED) is 0.613. The Morgan fingerprint density at radius 3 is 2.90 bits per heavy atom. The average Bonchev–Trinajstić information content (AvgIpc) is 1.88. The normalized spacial score (nSPS) is 29.9. The summed E-state index contributed by atoms with van der Waals surface area (Å²) in [6.07, 6.45) is 3.18. The smallest absolute Gasteiger partial charge is 0.155 e. The van der Waals surface area contributed by atoms with Gasteiger partial charge in [0.15, 0.2) is 11.1 Å². The van der Waals surface area contributed by atoms with E-state index >= 15 is 0 Å². The van der Waals surface area contributed by atoms with Crippen LogP contribution in [0, 0.1) is 0 Å². The molecule has 4 heteroatoms. The molecule has 0 spiro atoms. The van der Waals surface area contributed by atoms with E-state index in [0.717, 1.165) is 25.9 Å². The van der Waals surface area contributed by atoms with Gasteiger partial charge in [-0.1, -0.05) is 0 Å². The van der Waals surface area contributed by atoms with E-state index < -0.39 is 11.1 Å². The minimum atomic E-state index is -1.69. The lowest BCUT2D eigenvalue weighted by Crippen LogP contribution is -2.24. The zero-order valence-corrected chi connectivity index (χ0v) is 6.60. The van der Waals surface area contributed by atoms with Crippen molar-refractivity contribution < 1.29 is 13.5 Å². The molecule has 60 valence electrons. The van der Waals surface area contributed by atoms with Gasteiger partial charge in [0.2, 0.25) is 0 Å². The molecular formula is C6H12O3S. The van der Waals surface area contributed by atoms with Crippen LogP contribution < -0.4 is 0 Å². The van der Waals surface area contributed by atoms with Crippen LogP contribution >= 0.6 is 0 Å². The van der Waals surface area contributed by atoms with E-state index in [1.165, 1.54) is 0 Å². The van der Waals surface area contributed by atoms with Gasteiger partial charge in [-0.15, -0.1) is 0 Å². The summed E-state index contributed by atoms with van der Waals surface area (Å²) in [7, 11) is 0. The predicted octanol–water partition coefficient (Wildman–Crippen LogP) is 0.777. The fraction of sp³-hybridized carbons (Fsp3) is 1.00. The van der Waals surface area contributed by atoms with Crippen LogP contribution in [0.3, 0.4) is 0 Å². The van der Waals surface area contributed by atoms with Gasteiger partial charge in [0.1, 0.15) is 0 Å². The first kappa shape index (κ1) is 8.17. The molecule has 0 amide bonds. The molecule has 0 bridgehead atoms. The number of rotatable bonds is 2. The fourth-order valence-corrected chi connectivity index (χ4v) is 1.68. The first-order chi connectivity index (χ1) is 4.79. The molecule has 0 radical (unpaired) electrons. The highest BCUT2D eigenvalue weighted by atomic mass is 32.2. The molecule has 2 atom stereocenters. The average molecular weight is 164 g/mol. The van der Waals surface area contributed by atoms with Gasteiger partial charge in [-0.05, 0) is 19.3 Å². The van der Waals surface area contributed by atoms with Crippen molar-refractivity contribution in [2.75, 3.05) is 12.4 Å². The summed E-state index contributed by atoms with van der Waals surface area (Å²) >= 11 is -1.69. The van der Waals surface area contributed by atoms with Crippen molar-refractivity contribution in [3.8, 4) is 0 Å². The topological polar surface area (TPSA) is 46.5 Å². The fourth-order valence-electron chi connectivity index (χ4n) is 1.10. The lowest BCUT2D eigenvalue weighted by molar-refractivity contribution is 0.0304. The van der Waals surface area contributed by atoms with Gasteiger partial charge in [-0.3, -0.25) is 0 Å². The molecule has 1 heterocycles. The molecule has 1 aliphatic rings. The first-order valence-corrected chi connectivity index (χ1v) is 4.75. The van der Waals surface area contributed by atoms with Crippen LogP contribution in [0.2, 0.25) is 0 Å². The van der Waals surface area contributed by atoms with Crippen molar-refractivity contribution in [3.63, 3.8) is 0 Å². The lowest BCUT2D eigenvalue weighted by atomic mass is 10.1. The number of hydrogen-bond donors (Lipinski definition) is 1. The summed E-state index contributed by atoms with van der Waals surface area (Å²) in [6, 6.07) is 0. The van der Waals surface area contributed by atoms with Gasteiger partial charge >= 0.3 is 0 Å². The van der Waals surface area contributed by atoms with E-state index in [1.807, 2.05) is 0 Å². The van der Waals surface area contributed by atoms with Crippen LogP contribution in [0.4, 0.5) is 0 Å². The standard InChI is InChI=1S/C6H12O3S/c7-10(8)5-6-3-1-2-4-9-6/h6H,1-5H2,(H,7,8). The van der Waals surface area contributed by atoms with Gasteiger partial charge in [0.05, 0.1) is 11.9 Å². The molecule has 1 fully saturated rings. The molecule has 10 heavy (non-hydrogen) atoms. The molecule has 0 aromatic heterocycles. The van der Waals surface area contributed by atoms with Gasteiger partial charge in [-0.25, -0.2) is 4.21 Å². The summed E-state index contributed by atoms with van der Waals surface area (Å²) in [6.45, 7) is 0.752. The van der Waals surface area contributed by atoms with Gasteiger partial charge in [0, 0.05) is 6.61 Å². The molecule has 0 aliphatic carbocycles. The second-order valence-electron chi connectivity index (χ2n) is 2.48. The Hall–Kier alpha value is 0.0700. The van der Waals surface area contributed by atoms with Gasteiger partial charge in [0.25, 0.3) is 0 Å². The summed E-state index contributed by atoms with van der Waals surface area (Å²) in [4.78, 5) is 0. The van der Waals surface area contributed by atoms with Crippen LogP contribution in [0.1, 0.15) is 19.3 Å². The van der Waals surface area contributed by atoms with E-state index in [2.05, 4.69) is 0 Å². The van der Waals surface area contributed by atoms with Crippen LogP contribution in [-0.4, -0.2) is 27.2 Å². The lowest BCUT2D eigenvalue weighted by Gasteiger charge is -2.20. The second-order valence-corrected chi connectivity index (χ2v) is 3.45. The maximum atomic E-state index is 10.3. The Kier molecular flexibility index (Phi) is 3.31. The van der Waals surface area contributed by atoms with Crippen LogP contribution in [0.15, 0.2) is 0 Å². The molecule has 1 N–H and O–H groups in total. The summed E-state index contributed by atoms with van der Waals surface area (Å²) < 4.78 is 24.0. The zero-order chi connectivity index (χ0) is 7.40. The highest BCUT2D eigenvalue weighted by Gasteiger charge is 2.15. The molecule has 0 saturated carbocycles. The second kappa shape index (κ2) is 4.05. The van der Waals surface area contributed by atoms with Crippen LogP contribution in [-0.2, 0) is 15.8 Å². The van der Waals surface area contributed by atoms with Gasteiger partial charge < -0.3 is 9.29 Å². The Morgan fingerprint density at radius 1 is 1.60 bits per heavy atom. The monoisotopic (exact) mass is 164 g/mol. The van der Waals surface area contributed by atoms with E-state index in [1.54, 1.807) is 0 Å². The minimum absolute atomic E-state index is 0.0274. The van der Waals surface area contributed by atoms with Crippen molar-refractivity contribution in [2.24, 2.45) is 0 Å². The largest absolute Gasteiger partial charge is 0.377 e. The van der Waals surface area contributed by atoms with E-state index in [-0.39, 0.29) is 11.9 Å². The Labute approximate surface area is 63.0 Å². The Bertz CT molecular complexity index is 120. The molecule has 1 aliphatic heterocycles. The maximum absolute atomic E-state index is 10.3. The molecular weight excluding hydrogens is 152 g/mol. The molecule has 0 aromatic carbocycles. The van der Waals surface area contributed by atoms with Crippen molar-refractivity contribution >= 4 is 11.1 Å². The van der Waals surface area contributed by atoms with Crippen LogP contribution in [0.25, 0.3) is 0 Å². The van der Waals surface area contributed by atoms with Crippen molar-refractivity contribution in [1.82, 2.24) is 0 Å². The van der Waals surface area contributed by atoms with Gasteiger partial charge in [-0.2, -0.15) is 0 Å².